The molecule has 0 atom stereocenters. The van der Waals surface area contributed by atoms with Crippen molar-refractivity contribution in [3.05, 3.63) is 53.0 Å². The zero-order valence-electron chi connectivity index (χ0n) is 13.0. The van der Waals surface area contributed by atoms with Crippen LogP contribution >= 0.6 is 0 Å². The van der Waals surface area contributed by atoms with Gasteiger partial charge in [-0.3, -0.25) is 9.78 Å². The van der Waals surface area contributed by atoms with Gasteiger partial charge in [-0.25, -0.2) is 4.98 Å². The lowest BCUT2D eigenvalue weighted by Gasteiger charge is -2.29. The Morgan fingerprint density at radius 1 is 1.27 bits per heavy atom. The molecule has 0 bridgehead atoms. The molecular formula is C17H20N4O. The summed E-state index contributed by atoms with van der Waals surface area (Å²) in [6, 6.07) is 8.31. The van der Waals surface area contributed by atoms with Gasteiger partial charge in [0, 0.05) is 19.3 Å². The third-order valence-electron chi connectivity index (χ3n) is 3.97. The Bertz CT molecular complexity index is 699. The van der Waals surface area contributed by atoms with E-state index < -0.39 is 0 Å². The van der Waals surface area contributed by atoms with Gasteiger partial charge >= 0.3 is 0 Å². The molecule has 5 heteroatoms. The maximum atomic E-state index is 12.4. The van der Waals surface area contributed by atoms with Crippen LogP contribution in [0.3, 0.4) is 0 Å². The topological polar surface area (TPSA) is 58.1 Å². The molecule has 1 N–H and O–H groups in total. The van der Waals surface area contributed by atoms with Gasteiger partial charge in [-0.05, 0) is 31.4 Å². The first kappa shape index (κ1) is 14.5. The van der Waals surface area contributed by atoms with Crippen LogP contribution in [0.5, 0.6) is 0 Å². The van der Waals surface area contributed by atoms with E-state index >= 15 is 0 Å². The van der Waals surface area contributed by atoms with Crippen molar-refractivity contribution in [3.63, 3.8) is 0 Å². The molecule has 0 spiro atoms. The maximum absolute atomic E-state index is 12.4. The van der Waals surface area contributed by atoms with Crippen LogP contribution in [-0.2, 0) is 17.8 Å². The zero-order valence-corrected chi connectivity index (χ0v) is 13.0. The molecule has 2 aromatic rings. The Morgan fingerprint density at radius 3 is 2.86 bits per heavy atom. The number of aromatic nitrogens is 2. The first-order valence-electron chi connectivity index (χ1n) is 7.52. The highest BCUT2D eigenvalue weighted by Gasteiger charge is 2.20. The third kappa shape index (κ3) is 3.08. The minimum Gasteiger partial charge on any atom is -0.359 e. The van der Waals surface area contributed by atoms with Gasteiger partial charge in [0.25, 0.3) is 0 Å². The molecule has 22 heavy (non-hydrogen) atoms. The van der Waals surface area contributed by atoms with E-state index in [-0.39, 0.29) is 12.5 Å². The van der Waals surface area contributed by atoms with E-state index in [1.54, 1.807) is 6.20 Å². The number of hydrogen-bond acceptors (Lipinski definition) is 4. The number of benzene rings is 1. The summed E-state index contributed by atoms with van der Waals surface area (Å²) in [6.07, 6.45) is 2.65. The molecule has 0 unspecified atom stereocenters. The number of hydrogen-bond donors (Lipinski definition) is 1. The summed E-state index contributed by atoms with van der Waals surface area (Å²) in [5.41, 5.74) is 4.24. The first-order valence-corrected chi connectivity index (χ1v) is 7.52. The number of aryl methyl sites for hydroxylation is 2. The van der Waals surface area contributed by atoms with Crippen molar-refractivity contribution in [3.8, 4) is 0 Å². The Balaban J connectivity index is 1.62. The molecule has 0 aliphatic carbocycles. The van der Waals surface area contributed by atoms with Gasteiger partial charge in [0.15, 0.2) is 0 Å². The van der Waals surface area contributed by atoms with E-state index in [0.717, 1.165) is 24.4 Å². The van der Waals surface area contributed by atoms with Crippen LogP contribution in [0.4, 0.5) is 5.82 Å². The van der Waals surface area contributed by atoms with Crippen molar-refractivity contribution in [2.24, 2.45) is 0 Å². The molecule has 0 fully saturated rings. The maximum Gasteiger partial charge on any atom is 0.242 e. The van der Waals surface area contributed by atoms with E-state index in [4.69, 9.17) is 0 Å². The molecule has 0 saturated carbocycles. The molecule has 2 heterocycles. The molecule has 1 aliphatic rings. The minimum absolute atomic E-state index is 0.0946. The lowest BCUT2D eigenvalue weighted by Crippen LogP contribution is -2.39. The zero-order chi connectivity index (χ0) is 15.5. The number of rotatable bonds is 3. The average Bonchev–Trinajstić information content (AvgIpc) is 2.55. The standard InChI is InChI=1S/C17H20N4O/c1-12-9-18-13(2)17(20-12)19-10-16(22)21-8-7-14-5-3-4-6-15(14)11-21/h3-6,9H,7-8,10-11H2,1-2H3,(H,19,20). The number of carbonyl (C=O) groups excluding carboxylic acids is 1. The molecule has 1 aromatic carbocycles. The van der Waals surface area contributed by atoms with Gasteiger partial charge in [-0.2, -0.15) is 0 Å². The molecule has 1 aliphatic heterocycles. The Morgan fingerprint density at radius 2 is 2.05 bits per heavy atom. The van der Waals surface area contributed by atoms with Gasteiger partial charge in [-0.15, -0.1) is 0 Å². The second kappa shape index (κ2) is 6.13. The van der Waals surface area contributed by atoms with Gasteiger partial charge < -0.3 is 10.2 Å². The van der Waals surface area contributed by atoms with Gasteiger partial charge in [0.05, 0.1) is 17.9 Å². The van der Waals surface area contributed by atoms with Gasteiger partial charge in [0.1, 0.15) is 5.82 Å². The second-order valence-corrected chi connectivity index (χ2v) is 5.63. The predicted octanol–water partition coefficient (Wildman–Crippen LogP) is 2.09. The Kier molecular flexibility index (Phi) is 4.04. The monoisotopic (exact) mass is 296 g/mol. The highest BCUT2D eigenvalue weighted by Crippen LogP contribution is 2.18. The van der Waals surface area contributed by atoms with Crippen LogP contribution in [0.2, 0.25) is 0 Å². The number of anilines is 1. The summed E-state index contributed by atoms with van der Waals surface area (Å²) in [5.74, 6) is 0.781. The SMILES string of the molecule is Cc1cnc(C)c(NCC(=O)N2CCc3ccccc3C2)n1. The van der Waals surface area contributed by atoms with Crippen LogP contribution in [0.15, 0.2) is 30.5 Å². The summed E-state index contributed by atoms with van der Waals surface area (Å²) >= 11 is 0. The number of fused-ring (bicyclic) bond motifs is 1. The first-order chi connectivity index (χ1) is 10.6. The fourth-order valence-corrected chi connectivity index (χ4v) is 2.68. The van der Waals surface area contributed by atoms with Crippen molar-refractivity contribution >= 4 is 11.7 Å². The fourth-order valence-electron chi connectivity index (χ4n) is 2.68. The normalized spacial score (nSPS) is 13.6. The highest BCUT2D eigenvalue weighted by atomic mass is 16.2. The van der Waals surface area contributed by atoms with E-state index in [2.05, 4.69) is 33.5 Å². The third-order valence-corrected chi connectivity index (χ3v) is 3.97. The van der Waals surface area contributed by atoms with Crippen molar-refractivity contribution < 1.29 is 4.79 Å². The average molecular weight is 296 g/mol. The molecule has 3 rings (SSSR count). The van der Waals surface area contributed by atoms with E-state index in [1.165, 1.54) is 11.1 Å². The number of nitrogens with one attached hydrogen (secondary N) is 1. The van der Waals surface area contributed by atoms with Crippen molar-refractivity contribution in [1.82, 2.24) is 14.9 Å². The van der Waals surface area contributed by atoms with Crippen LogP contribution in [0.25, 0.3) is 0 Å². The van der Waals surface area contributed by atoms with Crippen LogP contribution in [-0.4, -0.2) is 33.9 Å². The van der Waals surface area contributed by atoms with Crippen LogP contribution in [0.1, 0.15) is 22.5 Å². The molecule has 114 valence electrons. The Hall–Kier alpha value is -2.43. The molecule has 1 amide bonds. The Labute approximate surface area is 130 Å². The number of carbonyl (C=O) groups is 1. The smallest absolute Gasteiger partial charge is 0.242 e. The van der Waals surface area contributed by atoms with Gasteiger partial charge in [0.2, 0.25) is 5.91 Å². The van der Waals surface area contributed by atoms with Crippen LogP contribution < -0.4 is 5.32 Å². The molecular weight excluding hydrogens is 276 g/mol. The predicted molar refractivity (Wildman–Crippen MR) is 85.6 cm³/mol. The quantitative estimate of drug-likeness (QED) is 0.942. The number of nitrogens with zero attached hydrogens (tertiary/aromatic N) is 3. The van der Waals surface area contributed by atoms with Crippen molar-refractivity contribution in [2.45, 2.75) is 26.8 Å². The second-order valence-electron chi connectivity index (χ2n) is 5.63. The van der Waals surface area contributed by atoms with Crippen molar-refractivity contribution in [1.29, 1.82) is 0 Å². The van der Waals surface area contributed by atoms with E-state index in [1.807, 2.05) is 24.8 Å². The summed E-state index contributed by atoms with van der Waals surface area (Å²) in [4.78, 5) is 22.9. The summed E-state index contributed by atoms with van der Waals surface area (Å²) in [5, 5.41) is 3.11. The summed E-state index contributed by atoms with van der Waals surface area (Å²) < 4.78 is 0. The summed E-state index contributed by atoms with van der Waals surface area (Å²) in [7, 11) is 0. The fraction of sp³-hybridized carbons (Fsp3) is 0.353. The lowest BCUT2D eigenvalue weighted by molar-refractivity contribution is -0.130. The molecule has 1 aromatic heterocycles. The lowest BCUT2D eigenvalue weighted by atomic mass is 10.00. The molecule has 0 radical (unpaired) electrons. The van der Waals surface area contributed by atoms with Gasteiger partial charge in [-0.1, -0.05) is 24.3 Å². The van der Waals surface area contributed by atoms with E-state index in [9.17, 15) is 4.79 Å². The largest absolute Gasteiger partial charge is 0.359 e. The number of amides is 1. The minimum atomic E-state index is 0.0946. The molecule has 0 saturated heterocycles. The molecule has 5 nitrogen and oxygen atoms in total. The highest BCUT2D eigenvalue weighted by molar-refractivity contribution is 5.81. The summed E-state index contributed by atoms with van der Waals surface area (Å²) in [6.45, 7) is 5.49. The van der Waals surface area contributed by atoms with Crippen LogP contribution in [0, 0.1) is 13.8 Å². The van der Waals surface area contributed by atoms with Crippen molar-refractivity contribution in [2.75, 3.05) is 18.4 Å². The van der Waals surface area contributed by atoms with E-state index in [0.29, 0.717) is 12.4 Å².